The first kappa shape index (κ1) is 16.3. The molecule has 2 aliphatic heterocycles. The Morgan fingerprint density at radius 2 is 1.86 bits per heavy atom. The Morgan fingerprint density at radius 1 is 1.19 bits per heavy atom. The predicted molar refractivity (Wildman–Crippen MR) is 77.5 cm³/mol. The molecule has 120 valence electrons. The number of unbranched alkanes of at least 4 members (excludes halogenated alkanes) is 4. The van der Waals surface area contributed by atoms with Crippen LogP contribution in [-0.4, -0.2) is 40.1 Å². The lowest BCUT2D eigenvalue weighted by Crippen LogP contribution is -2.55. The van der Waals surface area contributed by atoms with Crippen molar-refractivity contribution in [3.05, 3.63) is 11.3 Å². The highest BCUT2D eigenvalue weighted by Crippen LogP contribution is 2.40. The van der Waals surface area contributed by atoms with Gasteiger partial charge in [-0.2, -0.15) is 0 Å². The molecule has 0 amide bonds. The molecule has 5 heteroatoms. The number of hydrogen-bond acceptors (Lipinski definition) is 5. The van der Waals surface area contributed by atoms with Gasteiger partial charge in [0, 0.05) is 0 Å². The van der Waals surface area contributed by atoms with E-state index in [0.717, 1.165) is 12.8 Å². The van der Waals surface area contributed by atoms with Gasteiger partial charge in [-0.3, -0.25) is 0 Å². The number of aliphatic hydroxyl groups is 2. The van der Waals surface area contributed by atoms with E-state index in [0.29, 0.717) is 12.2 Å². The maximum Gasteiger partial charge on any atom is 0.341 e. The van der Waals surface area contributed by atoms with E-state index in [1.165, 1.54) is 26.2 Å². The largest absolute Gasteiger partial charge is 0.487 e. The van der Waals surface area contributed by atoms with Crippen molar-refractivity contribution >= 4 is 5.97 Å². The van der Waals surface area contributed by atoms with Crippen LogP contribution in [0.3, 0.4) is 0 Å². The Morgan fingerprint density at radius 3 is 2.52 bits per heavy atom. The Labute approximate surface area is 125 Å². The van der Waals surface area contributed by atoms with E-state index >= 15 is 0 Å². The molecule has 0 aromatic rings. The van der Waals surface area contributed by atoms with Crippen LogP contribution in [0.15, 0.2) is 11.3 Å². The highest BCUT2D eigenvalue weighted by Gasteiger charge is 2.53. The molecule has 0 aliphatic carbocycles. The first-order valence-corrected chi connectivity index (χ1v) is 7.91. The normalized spacial score (nSPS) is 35.5. The van der Waals surface area contributed by atoms with Gasteiger partial charge in [0.25, 0.3) is 0 Å². The van der Waals surface area contributed by atoms with Crippen LogP contribution >= 0.6 is 0 Å². The zero-order valence-corrected chi connectivity index (χ0v) is 13.1. The van der Waals surface area contributed by atoms with E-state index < -0.39 is 29.9 Å². The first-order chi connectivity index (χ1) is 9.89. The predicted octanol–water partition coefficient (Wildman–Crippen LogP) is 2.06. The summed E-state index contributed by atoms with van der Waals surface area (Å²) in [4.78, 5) is 11.7. The quantitative estimate of drug-likeness (QED) is 0.580. The van der Waals surface area contributed by atoms with Gasteiger partial charge in [-0.25, -0.2) is 4.79 Å². The summed E-state index contributed by atoms with van der Waals surface area (Å²) in [5, 5.41) is 20.9. The van der Waals surface area contributed by atoms with Crippen molar-refractivity contribution in [3.63, 3.8) is 0 Å². The smallest absolute Gasteiger partial charge is 0.341 e. The summed E-state index contributed by atoms with van der Waals surface area (Å²) in [5.74, 6) is -0.204. The van der Waals surface area contributed by atoms with Gasteiger partial charge in [-0.05, 0) is 26.7 Å². The molecular weight excluding hydrogens is 272 g/mol. The summed E-state index contributed by atoms with van der Waals surface area (Å²) in [5.41, 5.74) is -1.39. The molecule has 0 saturated carbocycles. The molecule has 4 atom stereocenters. The molecule has 2 rings (SSSR count). The van der Waals surface area contributed by atoms with Crippen molar-refractivity contribution in [2.24, 2.45) is 0 Å². The van der Waals surface area contributed by atoms with Gasteiger partial charge in [-0.15, -0.1) is 0 Å². The third-order valence-electron chi connectivity index (χ3n) is 4.46. The molecule has 0 fully saturated rings. The van der Waals surface area contributed by atoms with E-state index in [9.17, 15) is 15.0 Å². The van der Waals surface area contributed by atoms with Crippen LogP contribution in [-0.2, 0) is 14.3 Å². The minimum Gasteiger partial charge on any atom is -0.487 e. The molecule has 2 aliphatic rings. The summed E-state index contributed by atoms with van der Waals surface area (Å²) in [6.45, 7) is 5.40. The summed E-state index contributed by atoms with van der Waals surface area (Å²) in [7, 11) is 0. The summed E-state index contributed by atoms with van der Waals surface area (Å²) in [6, 6.07) is 0. The van der Waals surface area contributed by atoms with Crippen LogP contribution < -0.4 is 0 Å². The Balaban J connectivity index is 2.03. The third kappa shape index (κ3) is 3.09. The van der Waals surface area contributed by atoms with E-state index in [1.54, 1.807) is 6.92 Å². The number of cyclic esters (lactones) is 1. The van der Waals surface area contributed by atoms with Crippen LogP contribution in [0.25, 0.3) is 0 Å². The SMILES string of the molecule is CCCCCCC[C@H]1OC2=C(C(=O)O[C@@H]2C)[C@@H](O)[C@@]1(C)O. The maximum atomic E-state index is 11.7. The van der Waals surface area contributed by atoms with Crippen molar-refractivity contribution in [1.29, 1.82) is 0 Å². The van der Waals surface area contributed by atoms with Crippen molar-refractivity contribution in [3.8, 4) is 0 Å². The summed E-state index contributed by atoms with van der Waals surface area (Å²) < 4.78 is 10.9. The van der Waals surface area contributed by atoms with E-state index in [2.05, 4.69) is 6.92 Å². The van der Waals surface area contributed by atoms with Gasteiger partial charge in [0.2, 0.25) is 0 Å². The second-order valence-corrected chi connectivity index (χ2v) is 6.26. The van der Waals surface area contributed by atoms with Crippen molar-refractivity contribution < 1.29 is 24.5 Å². The molecule has 0 bridgehead atoms. The monoisotopic (exact) mass is 298 g/mol. The average Bonchev–Trinajstić information content (AvgIpc) is 2.69. The average molecular weight is 298 g/mol. The molecular formula is C16H26O5. The highest BCUT2D eigenvalue weighted by molar-refractivity contribution is 5.93. The van der Waals surface area contributed by atoms with Crippen LogP contribution in [0.1, 0.15) is 59.3 Å². The van der Waals surface area contributed by atoms with Gasteiger partial charge in [0.1, 0.15) is 23.4 Å². The molecule has 2 heterocycles. The zero-order valence-electron chi connectivity index (χ0n) is 13.1. The fraction of sp³-hybridized carbons (Fsp3) is 0.812. The zero-order chi connectivity index (χ0) is 15.6. The van der Waals surface area contributed by atoms with Gasteiger partial charge < -0.3 is 19.7 Å². The fourth-order valence-electron chi connectivity index (χ4n) is 3.03. The van der Waals surface area contributed by atoms with Gasteiger partial charge >= 0.3 is 5.97 Å². The fourth-order valence-corrected chi connectivity index (χ4v) is 3.03. The van der Waals surface area contributed by atoms with Crippen LogP contribution in [0.5, 0.6) is 0 Å². The van der Waals surface area contributed by atoms with Crippen molar-refractivity contribution in [1.82, 2.24) is 0 Å². The second kappa shape index (κ2) is 6.36. The number of hydrogen-bond donors (Lipinski definition) is 2. The minimum atomic E-state index is -1.47. The summed E-state index contributed by atoms with van der Waals surface area (Å²) >= 11 is 0. The van der Waals surface area contributed by atoms with Crippen LogP contribution in [0.2, 0.25) is 0 Å². The minimum absolute atomic E-state index is 0.0785. The first-order valence-electron chi connectivity index (χ1n) is 7.91. The lowest BCUT2D eigenvalue weighted by Gasteiger charge is -2.41. The van der Waals surface area contributed by atoms with Crippen LogP contribution in [0, 0.1) is 0 Å². The summed E-state index contributed by atoms with van der Waals surface area (Å²) in [6.07, 6.45) is 3.98. The number of ether oxygens (including phenoxy) is 2. The Kier molecular flexibility index (Phi) is 4.94. The Hall–Kier alpha value is -1.07. The standard InChI is InChI=1S/C16H26O5/c1-4-5-6-7-8-9-11-16(3,19)14(17)12-13(21-11)10(2)20-15(12)18/h10-11,14,17,19H,4-9H2,1-3H3/t10-,11-,14-,16+/m1/s1. The molecule has 0 aromatic heterocycles. The highest BCUT2D eigenvalue weighted by atomic mass is 16.6. The lowest BCUT2D eigenvalue weighted by molar-refractivity contribution is -0.153. The van der Waals surface area contributed by atoms with Gasteiger partial charge in [0.15, 0.2) is 11.9 Å². The number of aliphatic hydroxyl groups excluding tert-OH is 1. The molecule has 5 nitrogen and oxygen atoms in total. The van der Waals surface area contributed by atoms with Crippen molar-refractivity contribution in [2.75, 3.05) is 0 Å². The molecule has 0 saturated heterocycles. The Bertz CT molecular complexity index is 426. The second-order valence-electron chi connectivity index (χ2n) is 6.26. The number of rotatable bonds is 6. The molecule has 0 unspecified atom stereocenters. The van der Waals surface area contributed by atoms with E-state index in [1.807, 2.05) is 0 Å². The number of esters is 1. The topological polar surface area (TPSA) is 76.0 Å². The number of carbonyl (C=O) groups excluding carboxylic acids is 1. The number of carbonyl (C=O) groups is 1. The maximum absolute atomic E-state index is 11.7. The lowest BCUT2D eigenvalue weighted by atomic mass is 9.82. The van der Waals surface area contributed by atoms with E-state index in [4.69, 9.17) is 9.47 Å². The molecule has 21 heavy (non-hydrogen) atoms. The molecule has 0 radical (unpaired) electrons. The van der Waals surface area contributed by atoms with Crippen molar-refractivity contribution in [2.45, 2.75) is 83.2 Å². The molecule has 0 aromatic carbocycles. The van der Waals surface area contributed by atoms with Gasteiger partial charge in [-0.1, -0.05) is 32.6 Å². The molecule has 2 N–H and O–H groups in total. The van der Waals surface area contributed by atoms with Crippen LogP contribution in [0.4, 0.5) is 0 Å². The third-order valence-corrected chi connectivity index (χ3v) is 4.46. The van der Waals surface area contributed by atoms with E-state index in [-0.39, 0.29) is 5.57 Å². The van der Waals surface area contributed by atoms with Gasteiger partial charge in [0.05, 0.1) is 0 Å². The molecule has 0 spiro atoms.